The van der Waals surface area contributed by atoms with E-state index in [1.807, 2.05) is 30.5 Å². The molecule has 3 saturated heterocycles. The van der Waals surface area contributed by atoms with Crippen LogP contribution in [-0.4, -0.2) is 104 Å². The molecule has 5 aliphatic rings. The molecular formula is C41H48N10O4. The van der Waals surface area contributed by atoms with Crippen LogP contribution in [0.5, 0.6) is 0 Å². The zero-order valence-corrected chi connectivity index (χ0v) is 31.5. The Bertz CT molecular complexity index is 2150. The highest BCUT2D eigenvalue weighted by atomic mass is 16.2. The van der Waals surface area contributed by atoms with Gasteiger partial charge in [-0.25, -0.2) is 9.97 Å². The lowest BCUT2D eigenvalue weighted by atomic mass is 9.81. The van der Waals surface area contributed by atoms with E-state index in [1.54, 1.807) is 30.1 Å². The molecule has 9 rings (SSSR count). The molecule has 0 bridgehead atoms. The fraction of sp³-hybridized carbons (Fsp3) is 0.488. The molecule has 0 radical (unpaired) electrons. The van der Waals surface area contributed by atoms with E-state index < -0.39 is 6.04 Å². The molecule has 2 atom stereocenters. The van der Waals surface area contributed by atoms with E-state index in [1.165, 1.54) is 0 Å². The third-order valence-electron chi connectivity index (χ3n) is 12.5. The molecule has 4 aliphatic heterocycles. The van der Waals surface area contributed by atoms with Crippen molar-refractivity contribution >= 4 is 52.1 Å². The molecule has 7 heterocycles. The molecule has 286 valence electrons. The van der Waals surface area contributed by atoms with E-state index in [9.17, 15) is 19.2 Å². The Balaban J connectivity index is 0.809. The standard InChI is InChI=1S/C41H48N10O4/c1-47(2)40(55)34-20-27-22-43-41(46-37(27)51(34)28-6-3-4-7-28)44-35-12-10-25(21-42-35)23-48-17-14-26(15-18-48)31-16-19-49(31)32-9-5-8-29-30(32)24-50(39(29)54)33-11-13-36(52)45-38(33)53/h5,8-10,12,20-22,26,28,31,33H,3-4,6-7,11,13-19,23-24H2,1-2H3,(H,45,52,53)(H,42,43,44,46)/t31-,33-/m0/s1. The summed E-state index contributed by atoms with van der Waals surface area (Å²) in [5, 5.41) is 6.55. The number of pyridine rings is 1. The molecule has 1 saturated carbocycles. The first-order chi connectivity index (χ1) is 26.7. The van der Waals surface area contributed by atoms with Crippen LogP contribution in [0.25, 0.3) is 11.0 Å². The maximum absolute atomic E-state index is 13.4. The average molecular weight is 745 g/mol. The van der Waals surface area contributed by atoms with Crippen molar-refractivity contribution in [2.24, 2.45) is 5.92 Å². The average Bonchev–Trinajstić information content (AvgIpc) is 3.91. The van der Waals surface area contributed by atoms with Crippen LogP contribution in [0.3, 0.4) is 0 Å². The second-order valence-corrected chi connectivity index (χ2v) is 16.1. The summed E-state index contributed by atoms with van der Waals surface area (Å²) in [5.41, 5.74) is 5.37. The van der Waals surface area contributed by atoms with Gasteiger partial charge in [-0.2, -0.15) is 4.98 Å². The summed E-state index contributed by atoms with van der Waals surface area (Å²) in [6.45, 7) is 4.22. The number of imide groups is 1. The van der Waals surface area contributed by atoms with Gasteiger partial charge in [0, 0.05) is 86.8 Å². The van der Waals surface area contributed by atoms with Crippen molar-refractivity contribution in [3.63, 3.8) is 0 Å². The van der Waals surface area contributed by atoms with Gasteiger partial charge in [0.15, 0.2) is 0 Å². The van der Waals surface area contributed by atoms with Gasteiger partial charge in [0.25, 0.3) is 11.8 Å². The molecule has 55 heavy (non-hydrogen) atoms. The first kappa shape index (κ1) is 35.3. The maximum atomic E-state index is 13.4. The van der Waals surface area contributed by atoms with Gasteiger partial charge in [-0.3, -0.25) is 29.4 Å². The van der Waals surface area contributed by atoms with Gasteiger partial charge < -0.3 is 24.6 Å². The van der Waals surface area contributed by atoms with Crippen molar-refractivity contribution in [2.45, 2.75) is 89.0 Å². The highest BCUT2D eigenvalue weighted by Gasteiger charge is 2.43. The number of benzene rings is 1. The van der Waals surface area contributed by atoms with Crippen molar-refractivity contribution < 1.29 is 19.2 Å². The molecule has 0 unspecified atom stereocenters. The van der Waals surface area contributed by atoms with Gasteiger partial charge in [0.2, 0.25) is 17.8 Å². The predicted molar refractivity (Wildman–Crippen MR) is 207 cm³/mol. The number of hydrogen-bond acceptors (Lipinski definition) is 10. The minimum atomic E-state index is -0.607. The van der Waals surface area contributed by atoms with E-state index in [4.69, 9.17) is 9.97 Å². The monoisotopic (exact) mass is 744 g/mol. The smallest absolute Gasteiger partial charge is 0.270 e. The Hall–Kier alpha value is -5.37. The van der Waals surface area contributed by atoms with Crippen LogP contribution in [0.15, 0.2) is 48.8 Å². The lowest BCUT2D eigenvalue weighted by molar-refractivity contribution is -0.136. The quantitative estimate of drug-likeness (QED) is 0.232. The van der Waals surface area contributed by atoms with Gasteiger partial charge in [-0.15, -0.1) is 0 Å². The third kappa shape index (κ3) is 6.59. The molecule has 0 spiro atoms. The van der Waals surface area contributed by atoms with E-state index in [-0.39, 0.29) is 36.1 Å². The van der Waals surface area contributed by atoms with Crippen molar-refractivity contribution in [2.75, 3.05) is 43.9 Å². The molecule has 4 amide bonds. The third-order valence-corrected chi connectivity index (χ3v) is 12.5. The van der Waals surface area contributed by atoms with E-state index in [2.05, 4.69) is 42.1 Å². The highest BCUT2D eigenvalue weighted by molar-refractivity contribution is 6.06. The molecule has 1 aliphatic carbocycles. The van der Waals surface area contributed by atoms with Crippen LogP contribution < -0.4 is 15.5 Å². The van der Waals surface area contributed by atoms with E-state index >= 15 is 0 Å². The Morgan fingerprint density at radius 1 is 0.927 bits per heavy atom. The lowest BCUT2D eigenvalue weighted by Gasteiger charge is -2.50. The highest BCUT2D eigenvalue weighted by Crippen LogP contribution is 2.41. The summed E-state index contributed by atoms with van der Waals surface area (Å²) in [7, 11) is 3.56. The fourth-order valence-electron chi connectivity index (χ4n) is 9.49. The zero-order valence-electron chi connectivity index (χ0n) is 31.5. The topological polar surface area (TPSA) is 149 Å². The second-order valence-electron chi connectivity index (χ2n) is 16.1. The van der Waals surface area contributed by atoms with Gasteiger partial charge in [0.05, 0.1) is 0 Å². The fourth-order valence-corrected chi connectivity index (χ4v) is 9.49. The molecule has 3 aromatic heterocycles. The zero-order chi connectivity index (χ0) is 37.8. The summed E-state index contributed by atoms with van der Waals surface area (Å²) in [6.07, 6.45) is 12.1. The molecule has 14 nitrogen and oxygen atoms in total. The van der Waals surface area contributed by atoms with Crippen LogP contribution >= 0.6 is 0 Å². The number of nitrogens with zero attached hydrogens (tertiary/aromatic N) is 8. The summed E-state index contributed by atoms with van der Waals surface area (Å²) < 4.78 is 2.12. The summed E-state index contributed by atoms with van der Waals surface area (Å²) in [6, 6.07) is 12.0. The lowest BCUT2D eigenvalue weighted by Crippen LogP contribution is -2.54. The van der Waals surface area contributed by atoms with Crippen molar-refractivity contribution in [1.29, 1.82) is 0 Å². The number of piperidine rings is 2. The minimum absolute atomic E-state index is 0.0266. The van der Waals surface area contributed by atoms with Gasteiger partial charge in [-0.1, -0.05) is 25.0 Å². The number of amides is 4. The molecule has 1 aromatic carbocycles. The second kappa shape index (κ2) is 14.4. The van der Waals surface area contributed by atoms with E-state index in [0.29, 0.717) is 47.9 Å². The Kier molecular flexibility index (Phi) is 9.23. The van der Waals surface area contributed by atoms with Crippen LogP contribution in [0.2, 0.25) is 0 Å². The number of carbonyl (C=O) groups excluding carboxylic acids is 4. The van der Waals surface area contributed by atoms with Crippen molar-refractivity contribution in [1.82, 2.24) is 39.5 Å². The number of rotatable bonds is 9. The number of fused-ring (bicyclic) bond motifs is 2. The predicted octanol–water partition coefficient (Wildman–Crippen LogP) is 4.64. The Labute approximate surface area is 320 Å². The largest absolute Gasteiger partial charge is 0.368 e. The Morgan fingerprint density at radius 3 is 2.45 bits per heavy atom. The number of likely N-dealkylation sites (tertiary alicyclic amines) is 1. The van der Waals surface area contributed by atoms with Crippen LogP contribution in [-0.2, 0) is 22.7 Å². The first-order valence-electron chi connectivity index (χ1n) is 19.8. The maximum Gasteiger partial charge on any atom is 0.270 e. The summed E-state index contributed by atoms with van der Waals surface area (Å²) in [5.74, 6) is 0.898. The molecule has 14 heteroatoms. The summed E-state index contributed by atoms with van der Waals surface area (Å²) in [4.78, 5) is 73.2. The minimum Gasteiger partial charge on any atom is -0.368 e. The number of hydrogen-bond donors (Lipinski definition) is 2. The Morgan fingerprint density at radius 2 is 1.75 bits per heavy atom. The number of carbonyl (C=O) groups is 4. The SMILES string of the molecule is CN(C)C(=O)c1cc2cnc(Nc3ccc(CN4CCC([C@@H]5CCN5c5cccc6c5CN([C@H]5CCC(=O)NC5=O)C6=O)CC4)cn3)nc2n1C1CCCC1. The number of aromatic nitrogens is 4. The van der Waals surface area contributed by atoms with Crippen molar-refractivity contribution in [3.05, 3.63) is 71.2 Å². The summed E-state index contributed by atoms with van der Waals surface area (Å²) >= 11 is 0. The van der Waals surface area contributed by atoms with Crippen LogP contribution in [0.4, 0.5) is 17.5 Å². The van der Waals surface area contributed by atoms with Gasteiger partial charge in [-0.05, 0) is 87.4 Å². The van der Waals surface area contributed by atoms with Crippen LogP contribution in [0, 0.1) is 5.92 Å². The normalized spacial score (nSPS) is 22.3. The number of anilines is 3. The molecule has 4 aromatic rings. The molecule has 4 fully saturated rings. The van der Waals surface area contributed by atoms with Crippen molar-refractivity contribution in [3.8, 4) is 0 Å². The van der Waals surface area contributed by atoms with E-state index in [0.717, 1.165) is 99.0 Å². The number of nitrogens with one attached hydrogen (secondary N) is 2. The molecule has 2 N–H and O–H groups in total. The van der Waals surface area contributed by atoms with Crippen LogP contribution in [0.1, 0.15) is 95.8 Å². The van der Waals surface area contributed by atoms with Gasteiger partial charge >= 0.3 is 0 Å². The first-order valence-corrected chi connectivity index (χ1v) is 19.8. The van der Waals surface area contributed by atoms with Gasteiger partial charge in [0.1, 0.15) is 23.2 Å². The molecular weight excluding hydrogens is 697 g/mol.